The fourth-order valence-corrected chi connectivity index (χ4v) is 3.54. The molecule has 21 heavy (non-hydrogen) atoms. The summed E-state index contributed by atoms with van der Waals surface area (Å²) in [4.78, 5) is 11.5. The van der Waals surface area contributed by atoms with Crippen LogP contribution in [0.1, 0.15) is 28.3 Å². The minimum atomic E-state index is -0.324. The highest BCUT2D eigenvalue weighted by atomic mass is 79.9. The average molecular weight is 366 g/mol. The van der Waals surface area contributed by atoms with E-state index in [1.807, 2.05) is 31.2 Å². The summed E-state index contributed by atoms with van der Waals surface area (Å²) >= 11 is 9.82. The number of aryl methyl sites for hydroxylation is 1. The lowest BCUT2D eigenvalue weighted by Crippen LogP contribution is -2.13. The van der Waals surface area contributed by atoms with Crippen molar-refractivity contribution in [2.24, 2.45) is 5.73 Å². The van der Waals surface area contributed by atoms with Gasteiger partial charge in [0.1, 0.15) is 0 Å². The van der Waals surface area contributed by atoms with E-state index in [-0.39, 0.29) is 11.9 Å². The van der Waals surface area contributed by atoms with Gasteiger partial charge in [0.05, 0.1) is 12.5 Å². The van der Waals surface area contributed by atoms with Crippen LogP contribution in [0, 0.1) is 6.92 Å². The van der Waals surface area contributed by atoms with Gasteiger partial charge in [0.2, 0.25) is 5.91 Å². The molecule has 0 aliphatic carbocycles. The normalized spacial score (nSPS) is 14.8. The van der Waals surface area contributed by atoms with E-state index in [0.29, 0.717) is 11.4 Å². The zero-order valence-corrected chi connectivity index (χ0v) is 13.8. The molecule has 0 bridgehead atoms. The van der Waals surface area contributed by atoms with Crippen LogP contribution in [-0.4, -0.2) is 5.91 Å². The highest BCUT2D eigenvalue weighted by Crippen LogP contribution is 2.35. The van der Waals surface area contributed by atoms with Crippen molar-refractivity contribution in [3.8, 4) is 0 Å². The van der Waals surface area contributed by atoms with Crippen LogP contribution in [0.15, 0.2) is 34.8 Å². The Balaban J connectivity index is 2.04. The largest absolute Gasteiger partial charge is 0.325 e. The average Bonchev–Trinajstić information content (AvgIpc) is 2.75. The first-order valence-corrected chi connectivity index (χ1v) is 7.76. The zero-order valence-electron chi connectivity index (χ0n) is 11.4. The molecule has 1 heterocycles. The molecule has 2 aromatic rings. The van der Waals surface area contributed by atoms with Crippen LogP contribution in [0.4, 0.5) is 5.69 Å². The molecule has 0 saturated carbocycles. The fraction of sp³-hybridized carbons (Fsp3) is 0.188. The summed E-state index contributed by atoms with van der Waals surface area (Å²) in [6, 6.07) is 9.45. The molecule has 0 aromatic heterocycles. The molecule has 1 amide bonds. The van der Waals surface area contributed by atoms with Crippen molar-refractivity contribution in [2.75, 3.05) is 5.32 Å². The van der Waals surface area contributed by atoms with Crippen LogP contribution in [-0.2, 0) is 11.2 Å². The molecule has 5 heteroatoms. The first-order valence-electron chi connectivity index (χ1n) is 6.59. The Bertz CT molecular complexity index is 725. The third-order valence-corrected chi connectivity index (χ3v) is 4.39. The molecule has 0 radical (unpaired) electrons. The van der Waals surface area contributed by atoms with Crippen LogP contribution >= 0.6 is 27.5 Å². The van der Waals surface area contributed by atoms with Crippen molar-refractivity contribution >= 4 is 39.1 Å². The summed E-state index contributed by atoms with van der Waals surface area (Å²) in [6.07, 6.45) is 0.379. The third kappa shape index (κ3) is 2.84. The molecule has 108 valence electrons. The second-order valence-electron chi connectivity index (χ2n) is 5.30. The van der Waals surface area contributed by atoms with Crippen molar-refractivity contribution in [2.45, 2.75) is 19.4 Å². The number of fused-ring (bicyclic) bond motifs is 1. The minimum absolute atomic E-state index is 0.00918. The highest BCUT2D eigenvalue weighted by molar-refractivity contribution is 9.10. The van der Waals surface area contributed by atoms with Crippen LogP contribution < -0.4 is 11.1 Å². The van der Waals surface area contributed by atoms with Crippen LogP contribution in [0.25, 0.3) is 0 Å². The number of benzene rings is 2. The molecule has 1 aliphatic rings. The maximum atomic E-state index is 11.5. The van der Waals surface area contributed by atoms with Crippen molar-refractivity contribution in [1.82, 2.24) is 0 Å². The summed E-state index contributed by atoms with van der Waals surface area (Å²) in [5, 5.41) is 3.36. The molecule has 1 unspecified atom stereocenters. The Hall–Kier alpha value is -1.36. The Morgan fingerprint density at radius 1 is 1.29 bits per heavy atom. The maximum Gasteiger partial charge on any atom is 0.228 e. The van der Waals surface area contributed by atoms with Crippen molar-refractivity contribution in [3.63, 3.8) is 0 Å². The molecule has 0 fully saturated rings. The Morgan fingerprint density at radius 3 is 2.76 bits per heavy atom. The van der Waals surface area contributed by atoms with Gasteiger partial charge >= 0.3 is 0 Å². The van der Waals surface area contributed by atoms with E-state index in [1.54, 1.807) is 6.07 Å². The van der Waals surface area contributed by atoms with E-state index in [2.05, 4.69) is 21.2 Å². The quantitative estimate of drug-likeness (QED) is 0.846. The predicted molar refractivity (Wildman–Crippen MR) is 88.7 cm³/mol. The fourth-order valence-electron chi connectivity index (χ4n) is 2.63. The monoisotopic (exact) mass is 364 g/mol. The lowest BCUT2D eigenvalue weighted by atomic mass is 9.96. The molecule has 3 nitrogen and oxygen atoms in total. The summed E-state index contributed by atoms with van der Waals surface area (Å²) in [5.74, 6) is -0.00918. The lowest BCUT2D eigenvalue weighted by molar-refractivity contribution is -0.115. The van der Waals surface area contributed by atoms with E-state index in [1.165, 1.54) is 0 Å². The van der Waals surface area contributed by atoms with Gasteiger partial charge in [0, 0.05) is 15.2 Å². The van der Waals surface area contributed by atoms with E-state index in [0.717, 1.165) is 32.4 Å². The smallest absolute Gasteiger partial charge is 0.228 e. The Kier molecular flexibility index (Phi) is 3.78. The molecule has 0 saturated heterocycles. The van der Waals surface area contributed by atoms with Gasteiger partial charge in [-0.1, -0.05) is 33.6 Å². The first-order chi connectivity index (χ1) is 9.94. The Morgan fingerprint density at radius 2 is 2.05 bits per heavy atom. The molecule has 3 N–H and O–H groups in total. The number of nitrogens with two attached hydrogens (primary N) is 1. The van der Waals surface area contributed by atoms with E-state index < -0.39 is 0 Å². The zero-order chi connectivity index (χ0) is 15.1. The number of hydrogen-bond donors (Lipinski definition) is 2. The standard InChI is InChI=1S/C16H14BrClN2O/c1-8-2-10(4-11(17)3-8)16(19)12-5-9-6-15(21)20-14(9)7-13(12)18/h2-5,7,16H,6,19H2,1H3,(H,20,21). The van der Waals surface area contributed by atoms with E-state index in [9.17, 15) is 4.79 Å². The maximum absolute atomic E-state index is 11.5. The van der Waals surface area contributed by atoms with Crippen LogP contribution in [0.3, 0.4) is 0 Å². The van der Waals surface area contributed by atoms with Crippen molar-refractivity contribution in [3.05, 3.63) is 62.1 Å². The number of hydrogen-bond acceptors (Lipinski definition) is 2. The second-order valence-corrected chi connectivity index (χ2v) is 6.62. The van der Waals surface area contributed by atoms with Crippen molar-refractivity contribution in [1.29, 1.82) is 0 Å². The first kappa shape index (κ1) is 14.6. The molecule has 0 spiro atoms. The summed E-state index contributed by atoms with van der Waals surface area (Å²) in [5.41, 5.74) is 11.1. The summed E-state index contributed by atoms with van der Waals surface area (Å²) in [6.45, 7) is 2.02. The second kappa shape index (κ2) is 5.44. The number of carbonyl (C=O) groups is 1. The van der Waals surface area contributed by atoms with Crippen LogP contribution in [0.2, 0.25) is 5.02 Å². The van der Waals surface area contributed by atoms with E-state index in [4.69, 9.17) is 17.3 Å². The minimum Gasteiger partial charge on any atom is -0.325 e. The number of carbonyl (C=O) groups excluding carboxylic acids is 1. The number of halogens is 2. The third-order valence-electron chi connectivity index (χ3n) is 3.61. The molecular weight excluding hydrogens is 352 g/mol. The number of amides is 1. The summed E-state index contributed by atoms with van der Waals surface area (Å²) < 4.78 is 0.988. The van der Waals surface area contributed by atoms with Crippen LogP contribution in [0.5, 0.6) is 0 Å². The van der Waals surface area contributed by atoms with Gasteiger partial charge in [-0.05, 0) is 53.4 Å². The highest BCUT2D eigenvalue weighted by Gasteiger charge is 2.22. The predicted octanol–water partition coefficient (Wildman–Crippen LogP) is 3.95. The summed E-state index contributed by atoms with van der Waals surface area (Å²) in [7, 11) is 0. The van der Waals surface area contributed by atoms with Gasteiger partial charge in [0.25, 0.3) is 0 Å². The molecule has 2 aromatic carbocycles. The molecule has 3 rings (SSSR count). The Labute approximate surface area is 136 Å². The van der Waals surface area contributed by atoms with E-state index >= 15 is 0 Å². The lowest BCUT2D eigenvalue weighted by Gasteiger charge is -2.17. The number of anilines is 1. The number of nitrogens with one attached hydrogen (secondary N) is 1. The van der Waals surface area contributed by atoms with Gasteiger partial charge in [-0.15, -0.1) is 0 Å². The number of rotatable bonds is 2. The van der Waals surface area contributed by atoms with Gasteiger partial charge in [-0.25, -0.2) is 0 Å². The van der Waals surface area contributed by atoms with Gasteiger partial charge in [0.15, 0.2) is 0 Å². The SMILES string of the molecule is Cc1cc(Br)cc(C(N)c2cc3c(cc2Cl)NC(=O)C3)c1. The molecule has 1 aliphatic heterocycles. The topological polar surface area (TPSA) is 55.1 Å². The van der Waals surface area contributed by atoms with Crippen molar-refractivity contribution < 1.29 is 4.79 Å². The molecule has 1 atom stereocenters. The van der Waals surface area contributed by atoms with Gasteiger partial charge < -0.3 is 11.1 Å². The van der Waals surface area contributed by atoms with Gasteiger partial charge in [-0.2, -0.15) is 0 Å². The molecular formula is C16H14BrClN2O. The van der Waals surface area contributed by atoms with Gasteiger partial charge in [-0.3, -0.25) is 4.79 Å².